The molecule has 0 heterocycles. The van der Waals surface area contributed by atoms with Gasteiger partial charge in [-0.3, -0.25) is 0 Å². The molecule has 0 amide bonds. The fourth-order valence-electron chi connectivity index (χ4n) is 2.16. The summed E-state index contributed by atoms with van der Waals surface area (Å²) in [5.41, 5.74) is 2.28. The first-order valence-corrected chi connectivity index (χ1v) is 7.67. The third-order valence-electron chi connectivity index (χ3n) is 3.08. The first-order valence-electron chi connectivity index (χ1n) is 6.50. The van der Waals surface area contributed by atoms with Gasteiger partial charge < -0.3 is 10.1 Å². The molecule has 0 aliphatic rings. The molecule has 0 aliphatic carbocycles. The van der Waals surface area contributed by atoms with Crippen LogP contribution in [0.4, 0.5) is 0 Å². The SMILES string of the molecule is CCOc1ccc(C(NC)c2cc(Cl)ccc2Br)cc1. The Morgan fingerprint density at radius 1 is 1.20 bits per heavy atom. The molecule has 0 aliphatic heterocycles. The maximum Gasteiger partial charge on any atom is 0.119 e. The van der Waals surface area contributed by atoms with E-state index >= 15 is 0 Å². The number of rotatable bonds is 5. The number of halogens is 2. The van der Waals surface area contributed by atoms with Crippen molar-refractivity contribution in [2.24, 2.45) is 0 Å². The molecule has 0 saturated heterocycles. The molecule has 0 spiro atoms. The lowest BCUT2D eigenvalue weighted by atomic mass is 9.99. The van der Waals surface area contributed by atoms with Crippen molar-refractivity contribution >= 4 is 27.5 Å². The quantitative estimate of drug-likeness (QED) is 0.832. The number of hydrogen-bond acceptors (Lipinski definition) is 2. The molecule has 2 rings (SSSR count). The number of benzene rings is 2. The van der Waals surface area contributed by atoms with E-state index in [1.807, 2.05) is 44.3 Å². The molecule has 1 atom stereocenters. The number of ether oxygens (including phenoxy) is 1. The molecule has 0 saturated carbocycles. The molecule has 106 valence electrons. The van der Waals surface area contributed by atoms with Crippen LogP contribution in [0, 0.1) is 0 Å². The summed E-state index contributed by atoms with van der Waals surface area (Å²) >= 11 is 9.69. The molecule has 4 heteroatoms. The van der Waals surface area contributed by atoms with Crippen LogP contribution in [0.2, 0.25) is 5.02 Å². The summed E-state index contributed by atoms with van der Waals surface area (Å²) in [6, 6.07) is 14.0. The molecule has 2 aromatic carbocycles. The second-order valence-corrected chi connectivity index (χ2v) is 5.68. The maximum absolute atomic E-state index is 6.10. The van der Waals surface area contributed by atoms with Crippen LogP contribution in [0.25, 0.3) is 0 Å². The Bertz CT molecular complexity index is 571. The Labute approximate surface area is 133 Å². The van der Waals surface area contributed by atoms with Crippen LogP contribution in [-0.2, 0) is 0 Å². The molecule has 0 bridgehead atoms. The molecule has 0 fully saturated rings. The Hall–Kier alpha value is -1.03. The standard InChI is InChI=1S/C16H17BrClNO/c1-3-20-13-7-4-11(5-8-13)16(19-2)14-10-12(18)6-9-15(14)17/h4-10,16,19H,3H2,1-2H3. The van der Waals surface area contributed by atoms with Gasteiger partial charge in [0.25, 0.3) is 0 Å². The molecular weight excluding hydrogens is 338 g/mol. The van der Waals surface area contributed by atoms with Gasteiger partial charge in [0.05, 0.1) is 12.6 Å². The van der Waals surface area contributed by atoms with Crippen molar-refractivity contribution in [3.05, 3.63) is 63.1 Å². The Kier molecular flexibility index (Phi) is 5.46. The smallest absolute Gasteiger partial charge is 0.119 e. The van der Waals surface area contributed by atoms with Crippen molar-refractivity contribution in [1.29, 1.82) is 0 Å². The number of nitrogens with one attached hydrogen (secondary N) is 1. The number of hydrogen-bond donors (Lipinski definition) is 1. The summed E-state index contributed by atoms with van der Waals surface area (Å²) in [6.45, 7) is 2.65. The van der Waals surface area contributed by atoms with Crippen molar-refractivity contribution in [2.45, 2.75) is 13.0 Å². The summed E-state index contributed by atoms with van der Waals surface area (Å²) in [6.07, 6.45) is 0. The average Bonchev–Trinajstić information content (AvgIpc) is 2.45. The normalized spacial score (nSPS) is 12.2. The Morgan fingerprint density at radius 3 is 2.50 bits per heavy atom. The molecule has 0 aromatic heterocycles. The van der Waals surface area contributed by atoms with E-state index in [1.165, 1.54) is 5.56 Å². The zero-order valence-electron chi connectivity index (χ0n) is 11.5. The van der Waals surface area contributed by atoms with Gasteiger partial charge in [-0.25, -0.2) is 0 Å². The molecule has 20 heavy (non-hydrogen) atoms. The molecule has 1 unspecified atom stereocenters. The van der Waals surface area contributed by atoms with E-state index in [9.17, 15) is 0 Å². The second kappa shape index (κ2) is 7.11. The highest BCUT2D eigenvalue weighted by molar-refractivity contribution is 9.10. The van der Waals surface area contributed by atoms with Crippen LogP contribution in [0.15, 0.2) is 46.9 Å². The minimum Gasteiger partial charge on any atom is -0.494 e. The minimum absolute atomic E-state index is 0.0822. The van der Waals surface area contributed by atoms with Gasteiger partial charge in [-0.2, -0.15) is 0 Å². The largest absolute Gasteiger partial charge is 0.494 e. The van der Waals surface area contributed by atoms with Crippen LogP contribution < -0.4 is 10.1 Å². The monoisotopic (exact) mass is 353 g/mol. The summed E-state index contributed by atoms with van der Waals surface area (Å²) in [5, 5.41) is 4.06. The van der Waals surface area contributed by atoms with Crippen LogP contribution in [0.3, 0.4) is 0 Å². The minimum atomic E-state index is 0.0822. The summed E-state index contributed by atoms with van der Waals surface area (Å²) in [5.74, 6) is 0.885. The highest BCUT2D eigenvalue weighted by Crippen LogP contribution is 2.31. The lowest BCUT2D eigenvalue weighted by Crippen LogP contribution is -2.18. The lowest BCUT2D eigenvalue weighted by molar-refractivity contribution is 0.340. The van der Waals surface area contributed by atoms with Gasteiger partial charge in [-0.15, -0.1) is 0 Å². The van der Waals surface area contributed by atoms with E-state index in [0.29, 0.717) is 6.61 Å². The van der Waals surface area contributed by atoms with E-state index in [1.54, 1.807) is 0 Å². The van der Waals surface area contributed by atoms with Gasteiger partial charge in [0.1, 0.15) is 5.75 Å². The average molecular weight is 355 g/mol. The van der Waals surface area contributed by atoms with E-state index in [-0.39, 0.29) is 6.04 Å². The van der Waals surface area contributed by atoms with E-state index in [4.69, 9.17) is 16.3 Å². The van der Waals surface area contributed by atoms with Crippen LogP contribution in [-0.4, -0.2) is 13.7 Å². The maximum atomic E-state index is 6.10. The molecule has 2 aromatic rings. The van der Waals surface area contributed by atoms with E-state index in [2.05, 4.69) is 33.4 Å². The fourth-order valence-corrected chi connectivity index (χ4v) is 2.82. The Morgan fingerprint density at radius 2 is 1.90 bits per heavy atom. The van der Waals surface area contributed by atoms with Gasteiger partial charge in [0.15, 0.2) is 0 Å². The molecule has 1 N–H and O–H groups in total. The fraction of sp³-hybridized carbons (Fsp3) is 0.250. The first-order chi connectivity index (χ1) is 9.65. The van der Waals surface area contributed by atoms with Crippen molar-refractivity contribution in [2.75, 3.05) is 13.7 Å². The van der Waals surface area contributed by atoms with Gasteiger partial charge in [-0.1, -0.05) is 39.7 Å². The zero-order chi connectivity index (χ0) is 14.5. The predicted molar refractivity (Wildman–Crippen MR) is 87.7 cm³/mol. The highest BCUT2D eigenvalue weighted by Gasteiger charge is 2.15. The van der Waals surface area contributed by atoms with Gasteiger partial charge in [0.2, 0.25) is 0 Å². The highest BCUT2D eigenvalue weighted by atomic mass is 79.9. The van der Waals surface area contributed by atoms with Crippen LogP contribution in [0.5, 0.6) is 5.75 Å². The molecule has 2 nitrogen and oxygen atoms in total. The van der Waals surface area contributed by atoms with Gasteiger partial charge in [0, 0.05) is 9.50 Å². The molecule has 0 radical (unpaired) electrons. The lowest BCUT2D eigenvalue weighted by Gasteiger charge is -2.19. The van der Waals surface area contributed by atoms with Crippen LogP contribution >= 0.6 is 27.5 Å². The zero-order valence-corrected chi connectivity index (χ0v) is 13.8. The topological polar surface area (TPSA) is 21.3 Å². The van der Waals surface area contributed by atoms with Crippen molar-refractivity contribution in [3.63, 3.8) is 0 Å². The van der Waals surface area contributed by atoms with Crippen LogP contribution in [0.1, 0.15) is 24.1 Å². The van der Waals surface area contributed by atoms with Crippen molar-refractivity contribution in [1.82, 2.24) is 5.32 Å². The third-order valence-corrected chi connectivity index (χ3v) is 4.04. The first kappa shape index (κ1) is 15.4. The van der Waals surface area contributed by atoms with Crippen molar-refractivity contribution in [3.8, 4) is 5.75 Å². The van der Waals surface area contributed by atoms with E-state index < -0.39 is 0 Å². The second-order valence-electron chi connectivity index (χ2n) is 4.39. The van der Waals surface area contributed by atoms with Gasteiger partial charge in [-0.05, 0) is 55.4 Å². The van der Waals surface area contributed by atoms with Crippen molar-refractivity contribution < 1.29 is 4.74 Å². The summed E-state index contributed by atoms with van der Waals surface area (Å²) < 4.78 is 6.51. The third kappa shape index (κ3) is 3.54. The molecular formula is C16H17BrClNO. The predicted octanol–water partition coefficient (Wildman–Crippen LogP) is 4.81. The summed E-state index contributed by atoms with van der Waals surface area (Å²) in [4.78, 5) is 0. The Balaban J connectivity index is 2.34. The van der Waals surface area contributed by atoms with Gasteiger partial charge >= 0.3 is 0 Å². The van der Waals surface area contributed by atoms with E-state index in [0.717, 1.165) is 20.8 Å². The summed E-state index contributed by atoms with van der Waals surface area (Å²) in [7, 11) is 1.94.